The van der Waals surface area contributed by atoms with Gasteiger partial charge in [0, 0.05) is 20.9 Å². The van der Waals surface area contributed by atoms with Gasteiger partial charge in [0.15, 0.2) is 5.88 Å². The van der Waals surface area contributed by atoms with Crippen LogP contribution in [0.1, 0.15) is 24.0 Å². The predicted octanol–water partition coefficient (Wildman–Crippen LogP) is 4.27. The van der Waals surface area contributed by atoms with Gasteiger partial charge in [-0.05, 0) is 63.3 Å². The molecule has 5 nitrogen and oxygen atoms in total. The Bertz CT molecular complexity index is 1000. The lowest BCUT2D eigenvalue weighted by Crippen LogP contribution is -2.32. The van der Waals surface area contributed by atoms with Gasteiger partial charge in [0.05, 0.1) is 17.3 Å². The number of phenolic OH excluding ortho intramolecular Hbond substituents is 1. The van der Waals surface area contributed by atoms with Gasteiger partial charge in [0.1, 0.15) is 5.75 Å². The molecule has 2 heterocycles. The Morgan fingerprint density at radius 2 is 1.93 bits per heavy atom. The zero-order valence-corrected chi connectivity index (χ0v) is 16.7. The van der Waals surface area contributed by atoms with Gasteiger partial charge in [-0.2, -0.15) is 0 Å². The maximum absolute atomic E-state index is 10.7. The first-order valence-electron chi connectivity index (χ1n) is 9.07. The number of piperidine rings is 1. The Morgan fingerprint density at radius 1 is 1.15 bits per heavy atom. The Morgan fingerprint density at radius 3 is 2.67 bits per heavy atom. The lowest BCUT2D eigenvalue weighted by Gasteiger charge is -2.27. The number of nitrogens with zero attached hydrogens (tertiary/aromatic N) is 2. The third-order valence-corrected chi connectivity index (χ3v) is 5.59. The van der Waals surface area contributed by atoms with Gasteiger partial charge in [0.2, 0.25) is 0 Å². The van der Waals surface area contributed by atoms with Crippen molar-refractivity contribution in [2.24, 2.45) is 4.99 Å². The van der Waals surface area contributed by atoms with E-state index in [2.05, 4.69) is 32.9 Å². The van der Waals surface area contributed by atoms with Crippen molar-refractivity contribution in [2.45, 2.75) is 18.9 Å². The molecule has 0 spiro atoms. The summed E-state index contributed by atoms with van der Waals surface area (Å²) >= 11 is 3.52. The fraction of sp³-hybridized carbons (Fsp3) is 0.286. The van der Waals surface area contributed by atoms with Crippen LogP contribution in [0.15, 0.2) is 51.9 Å². The van der Waals surface area contributed by atoms with Crippen molar-refractivity contribution in [3.63, 3.8) is 0 Å². The highest BCUT2D eigenvalue weighted by atomic mass is 79.9. The third kappa shape index (κ3) is 3.73. The van der Waals surface area contributed by atoms with Crippen LogP contribution in [0.3, 0.4) is 0 Å². The summed E-state index contributed by atoms with van der Waals surface area (Å²) in [4.78, 5) is 10.4. The molecular weight excluding hydrogens is 406 g/mol. The summed E-state index contributed by atoms with van der Waals surface area (Å²) in [6.45, 7) is 2.01. The maximum atomic E-state index is 10.7. The molecule has 3 aromatic rings. The van der Waals surface area contributed by atoms with E-state index < -0.39 is 0 Å². The van der Waals surface area contributed by atoms with E-state index in [1.54, 1.807) is 18.2 Å². The fourth-order valence-corrected chi connectivity index (χ4v) is 3.99. The number of likely N-dealkylation sites (tertiary alicyclic amines) is 1. The Balaban J connectivity index is 1.88. The van der Waals surface area contributed by atoms with Crippen molar-refractivity contribution in [3.05, 3.63) is 58.1 Å². The van der Waals surface area contributed by atoms with Gasteiger partial charge in [-0.15, -0.1) is 0 Å². The number of benzene rings is 2. The minimum atomic E-state index is 0.0955. The SMILES string of the molecule is CN1CCC(N=C(c2cccc(O)c2)c2c(O)[nH]c3ccc(Br)cc23)CC1. The van der Waals surface area contributed by atoms with E-state index in [1.807, 2.05) is 24.3 Å². The molecule has 0 atom stereocenters. The number of aliphatic imine (C=N–C) groups is 1. The molecule has 1 aliphatic rings. The van der Waals surface area contributed by atoms with Crippen LogP contribution in [0.4, 0.5) is 0 Å². The molecule has 1 fully saturated rings. The van der Waals surface area contributed by atoms with E-state index in [-0.39, 0.29) is 17.7 Å². The van der Waals surface area contributed by atoms with E-state index in [0.29, 0.717) is 11.3 Å². The first-order chi connectivity index (χ1) is 13.0. The minimum absolute atomic E-state index is 0.0955. The topological polar surface area (TPSA) is 71.8 Å². The highest BCUT2D eigenvalue weighted by molar-refractivity contribution is 9.10. The molecule has 2 aromatic carbocycles. The van der Waals surface area contributed by atoms with Crippen LogP contribution in [0.25, 0.3) is 10.9 Å². The van der Waals surface area contributed by atoms with Gasteiger partial charge < -0.3 is 20.1 Å². The average molecular weight is 428 g/mol. The van der Waals surface area contributed by atoms with Crippen LogP contribution in [-0.4, -0.2) is 52.0 Å². The molecule has 140 valence electrons. The number of aromatic amines is 1. The number of hydrogen-bond donors (Lipinski definition) is 3. The average Bonchev–Trinajstić information content (AvgIpc) is 2.96. The summed E-state index contributed by atoms with van der Waals surface area (Å²) in [6, 6.07) is 13.1. The Hall–Kier alpha value is -2.31. The van der Waals surface area contributed by atoms with E-state index in [0.717, 1.165) is 46.9 Å². The lowest BCUT2D eigenvalue weighted by atomic mass is 9.99. The Kier molecular flexibility index (Phi) is 4.93. The standard InChI is InChI=1S/C21H22BrN3O2/c1-25-9-7-15(8-10-25)23-20(13-3-2-4-16(26)11-13)19-17-12-14(22)5-6-18(17)24-21(19)27/h2-6,11-12,15,24,26-27H,7-10H2,1H3. The van der Waals surface area contributed by atoms with Crippen LogP contribution in [0.2, 0.25) is 0 Å². The number of hydrogen-bond acceptors (Lipinski definition) is 4. The zero-order valence-electron chi connectivity index (χ0n) is 15.1. The molecule has 0 bridgehead atoms. The highest BCUT2D eigenvalue weighted by Crippen LogP contribution is 2.33. The molecule has 4 rings (SSSR count). The van der Waals surface area contributed by atoms with Crippen molar-refractivity contribution >= 4 is 32.5 Å². The summed E-state index contributed by atoms with van der Waals surface area (Å²) in [5.41, 5.74) is 3.03. The molecule has 0 amide bonds. The second-order valence-electron chi connectivity index (χ2n) is 7.10. The van der Waals surface area contributed by atoms with Gasteiger partial charge in [-0.25, -0.2) is 0 Å². The van der Waals surface area contributed by atoms with Crippen LogP contribution >= 0.6 is 15.9 Å². The third-order valence-electron chi connectivity index (χ3n) is 5.10. The van der Waals surface area contributed by atoms with Crippen molar-refractivity contribution in [1.29, 1.82) is 0 Å². The van der Waals surface area contributed by atoms with Gasteiger partial charge in [-0.1, -0.05) is 28.1 Å². The van der Waals surface area contributed by atoms with Gasteiger partial charge >= 0.3 is 0 Å². The van der Waals surface area contributed by atoms with Gasteiger partial charge in [-0.3, -0.25) is 4.99 Å². The number of halogens is 1. The largest absolute Gasteiger partial charge is 0.508 e. The summed E-state index contributed by atoms with van der Waals surface area (Å²) in [7, 11) is 2.12. The number of fused-ring (bicyclic) bond motifs is 1. The maximum Gasteiger partial charge on any atom is 0.199 e. The number of rotatable bonds is 3. The highest BCUT2D eigenvalue weighted by Gasteiger charge is 2.22. The zero-order chi connectivity index (χ0) is 19.0. The molecule has 0 saturated carbocycles. The number of nitrogens with one attached hydrogen (secondary N) is 1. The summed E-state index contributed by atoms with van der Waals surface area (Å²) in [5.74, 6) is 0.280. The van der Waals surface area contributed by atoms with Crippen molar-refractivity contribution in [1.82, 2.24) is 9.88 Å². The van der Waals surface area contributed by atoms with Crippen LogP contribution in [-0.2, 0) is 0 Å². The molecule has 1 aromatic heterocycles. The summed E-state index contributed by atoms with van der Waals surface area (Å²) in [6.07, 6.45) is 1.96. The predicted molar refractivity (Wildman–Crippen MR) is 112 cm³/mol. The van der Waals surface area contributed by atoms with Crippen molar-refractivity contribution < 1.29 is 10.2 Å². The number of phenols is 1. The molecule has 0 radical (unpaired) electrons. The summed E-state index contributed by atoms with van der Waals surface area (Å²) < 4.78 is 0.935. The fourth-order valence-electron chi connectivity index (χ4n) is 3.63. The molecule has 3 N–H and O–H groups in total. The monoisotopic (exact) mass is 427 g/mol. The van der Waals surface area contributed by atoms with Crippen molar-refractivity contribution in [3.8, 4) is 11.6 Å². The van der Waals surface area contributed by atoms with E-state index in [1.165, 1.54) is 0 Å². The van der Waals surface area contributed by atoms with Gasteiger partial charge in [0.25, 0.3) is 0 Å². The van der Waals surface area contributed by atoms with Crippen LogP contribution in [0.5, 0.6) is 11.6 Å². The molecule has 0 aliphatic carbocycles. The minimum Gasteiger partial charge on any atom is -0.508 e. The normalized spacial score (nSPS) is 16.9. The van der Waals surface area contributed by atoms with E-state index in [4.69, 9.17) is 4.99 Å². The second kappa shape index (κ2) is 7.37. The van der Waals surface area contributed by atoms with E-state index in [9.17, 15) is 10.2 Å². The van der Waals surface area contributed by atoms with Crippen LogP contribution in [0, 0.1) is 0 Å². The summed E-state index contributed by atoms with van der Waals surface area (Å²) in [5, 5.41) is 21.6. The molecule has 6 heteroatoms. The second-order valence-corrected chi connectivity index (χ2v) is 8.02. The number of H-pyrrole nitrogens is 1. The quantitative estimate of drug-likeness (QED) is 0.546. The molecule has 1 aliphatic heterocycles. The molecule has 1 saturated heterocycles. The first-order valence-corrected chi connectivity index (χ1v) is 9.87. The number of aromatic nitrogens is 1. The number of aromatic hydroxyl groups is 2. The van der Waals surface area contributed by atoms with E-state index >= 15 is 0 Å². The van der Waals surface area contributed by atoms with Crippen LogP contribution < -0.4 is 0 Å². The molecule has 0 unspecified atom stereocenters. The Labute approximate surface area is 166 Å². The smallest absolute Gasteiger partial charge is 0.199 e. The molecule has 27 heavy (non-hydrogen) atoms. The molecular formula is C21H22BrN3O2. The van der Waals surface area contributed by atoms with Crippen molar-refractivity contribution in [2.75, 3.05) is 20.1 Å². The lowest BCUT2D eigenvalue weighted by molar-refractivity contribution is 0.257. The first kappa shape index (κ1) is 18.1.